The highest BCUT2D eigenvalue weighted by Crippen LogP contribution is 2.41. The Bertz CT molecular complexity index is 342. The molecule has 0 aliphatic heterocycles. The maximum atomic E-state index is 12.0. The fraction of sp³-hybridized carbons (Fsp3) is 0.867. The molecule has 108 valence electrons. The third-order valence-electron chi connectivity index (χ3n) is 4.47. The number of ketones is 1. The van der Waals surface area contributed by atoms with Crippen molar-refractivity contribution in [2.24, 2.45) is 11.8 Å². The molecule has 2 aliphatic rings. The Hall–Kier alpha value is -1.06. The van der Waals surface area contributed by atoms with Gasteiger partial charge in [-0.05, 0) is 44.4 Å². The number of rotatable bonds is 4. The summed E-state index contributed by atoms with van der Waals surface area (Å²) >= 11 is 0. The van der Waals surface area contributed by atoms with Gasteiger partial charge < -0.3 is 9.64 Å². The molecule has 0 saturated heterocycles. The average molecular weight is 267 g/mol. The molecule has 0 unspecified atom stereocenters. The second-order valence-electron chi connectivity index (χ2n) is 5.87. The van der Waals surface area contributed by atoms with Crippen molar-refractivity contribution in [3.63, 3.8) is 0 Å². The molecular weight excluding hydrogens is 242 g/mol. The Morgan fingerprint density at radius 2 is 2.00 bits per heavy atom. The minimum atomic E-state index is -0.183. The van der Waals surface area contributed by atoms with Gasteiger partial charge >= 0.3 is 6.09 Å². The van der Waals surface area contributed by atoms with E-state index < -0.39 is 0 Å². The number of Topliss-reactive ketones (excluding diaryl/α,β-unsaturated/α-hetero) is 1. The summed E-state index contributed by atoms with van der Waals surface area (Å²) in [5.41, 5.74) is 0. The van der Waals surface area contributed by atoms with E-state index in [2.05, 4.69) is 6.92 Å². The summed E-state index contributed by atoms with van der Waals surface area (Å²) in [7, 11) is 0. The molecule has 2 saturated carbocycles. The lowest BCUT2D eigenvalue weighted by Gasteiger charge is -2.32. The number of hydrogen-bond donors (Lipinski definition) is 0. The van der Waals surface area contributed by atoms with Gasteiger partial charge in [-0.2, -0.15) is 0 Å². The zero-order valence-electron chi connectivity index (χ0n) is 12.1. The Kier molecular flexibility index (Phi) is 4.83. The maximum absolute atomic E-state index is 12.0. The van der Waals surface area contributed by atoms with Crippen molar-refractivity contribution in [2.45, 2.75) is 58.5 Å². The molecule has 2 aliphatic carbocycles. The first-order valence-corrected chi connectivity index (χ1v) is 7.61. The normalized spacial score (nSPS) is 30.0. The van der Waals surface area contributed by atoms with Crippen LogP contribution < -0.4 is 0 Å². The van der Waals surface area contributed by atoms with E-state index in [9.17, 15) is 9.59 Å². The van der Waals surface area contributed by atoms with E-state index in [-0.39, 0.29) is 12.2 Å². The van der Waals surface area contributed by atoms with Crippen LogP contribution in [0.2, 0.25) is 0 Å². The topological polar surface area (TPSA) is 46.6 Å². The van der Waals surface area contributed by atoms with E-state index in [4.69, 9.17) is 4.74 Å². The largest absolute Gasteiger partial charge is 0.446 e. The van der Waals surface area contributed by atoms with Crippen LogP contribution in [0, 0.1) is 11.8 Å². The molecule has 3 atom stereocenters. The predicted molar refractivity (Wildman–Crippen MR) is 72.9 cm³/mol. The Balaban J connectivity index is 1.83. The average Bonchev–Trinajstić information content (AvgIpc) is 2.75. The third kappa shape index (κ3) is 3.48. The van der Waals surface area contributed by atoms with Crippen LogP contribution in [0.4, 0.5) is 4.79 Å². The van der Waals surface area contributed by atoms with Crippen LogP contribution in [0.5, 0.6) is 0 Å². The van der Waals surface area contributed by atoms with Gasteiger partial charge in [-0.1, -0.05) is 6.92 Å². The molecule has 4 heteroatoms. The second kappa shape index (κ2) is 6.40. The summed E-state index contributed by atoms with van der Waals surface area (Å²) in [6.45, 7) is 5.49. The Labute approximate surface area is 115 Å². The molecule has 0 heterocycles. The molecule has 0 aromatic rings. The van der Waals surface area contributed by atoms with Crippen molar-refractivity contribution < 1.29 is 14.3 Å². The van der Waals surface area contributed by atoms with Crippen LogP contribution in [0.15, 0.2) is 0 Å². The van der Waals surface area contributed by atoms with E-state index in [1.54, 1.807) is 4.90 Å². The van der Waals surface area contributed by atoms with E-state index >= 15 is 0 Å². The van der Waals surface area contributed by atoms with Crippen LogP contribution in [0.25, 0.3) is 0 Å². The molecule has 0 N–H and O–H groups in total. The maximum Gasteiger partial charge on any atom is 0.410 e. The van der Waals surface area contributed by atoms with E-state index in [0.717, 1.165) is 38.6 Å². The van der Waals surface area contributed by atoms with Gasteiger partial charge in [-0.25, -0.2) is 4.79 Å². The molecule has 2 fully saturated rings. The molecule has 1 amide bonds. The number of ether oxygens (including phenoxy) is 1. The van der Waals surface area contributed by atoms with Gasteiger partial charge in [0.05, 0.1) is 0 Å². The molecule has 0 bridgehead atoms. The van der Waals surface area contributed by atoms with Crippen molar-refractivity contribution >= 4 is 11.9 Å². The minimum absolute atomic E-state index is 0.0190. The van der Waals surface area contributed by atoms with Crippen LogP contribution in [0.1, 0.15) is 52.4 Å². The summed E-state index contributed by atoms with van der Waals surface area (Å²) in [5, 5.41) is 0. The summed E-state index contributed by atoms with van der Waals surface area (Å²) in [4.78, 5) is 25.2. The fourth-order valence-corrected chi connectivity index (χ4v) is 3.44. The number of hydrogen-bond acceptors (Lipinski definition) is 3. The van der Waals surface area contributed by atoms with Crippen molar-refractivity contribution in [3.05, 3.63) is 0 Å². The first-order valence-electron chi connectivity index (χ1n) is 7.61. The molecule has 2 rings (SSSR count). The number of fused-ring (bicyclic) bond motifs is 1. The van der Waals surface area contributed by atoms with Crippen LogP contribution in [-0.2, 0) is 9.53 Å². The zero-order valence-corrected chi connectivity index (χ0v) is 12.1. The number of carbonyl (C=O) groups is 2. The molecule has 0 radical (unpaired) electrons. The molecule has 0 aromatic carbocycles. The van der Waals surface area contributed by atoms with Gasteiger partial charge in [-0.3, -0.25) is 4.79 Å². The second-order valence-corrected chi connectivity index (χ2v) is 5.87. The smallest absolute Gasteiger partial charge is 0.410 e. The first-order chi connectivity index (χ1) is 9.13. The highest BCUT2D eigenvalue weighted by molar-refractivity contribution is 5.81. The molecule has 19 heavy (non-hydrogen) atoms. The highest BCUT2D eigenvalue weighted by atomic mass is 16.6. The summed E-state index contributed by atoms with van der Waals surface area (Å²) in [6, 6.07) is 0. The van der Waals surface area contributed by atoms with Gasteiger partial charge in [0.2, 0.25) is 0 Å². The third-order valence-corrected chi connectivity index (χ3v) is 4.47. The zero-order chi connectivity index (χ0) is 13.8. The van der Waals surface area contributed by atoms with Gasteiger partial charge in [0.25, 0.3) is 0 Å². The standard InChI is InChI=1S/C15H25NO3/c1-3-7-16(4-2)15(18)19-14-6-5-11-8-13(17)9-12(11)10-14/h11-12,14H,3-10H2,1-2H3/t11-,12-,14-/m1/s1. The van der Waals surface area contributed by atoms with E-state index in [1.165, 1.54) is 0 Å². The monoisotopic (exact) mass is 267 g/mol. The van der Waals surface area contributed by atoms with Crippen LogP contribution in [-0.4, -0.2) is 36.0 Å². The Morgan fingerprint density at radius 1 is 1.26 bits per heavy atom. The van der Waals surface area contributed by atoms with Gasteiger partial charge in [0, 0.05) is 25.9 Å². The highest BCUT2D eigenvalue weighted by Gasteiger charge is 2.39. The van der Waals surface area contributed by atoms with E-state index in [1.807, 2.05) is 6.92 Å². The molecule has 0 aromatic heterocycles. The predicted octanol–water partition coefficient (Wildman–Crippen LogP) is 3.00. The Morgan fingerprint density at radius 3 is 2.68 bits per heavy atom. The lowest BCUT2D eigenvalue weighted by molar-refractivity contribution is -0.117. The lowest BCUT2D eigenvalue weighted by atomic mass is 9.80. The van der Waals surface area contributed by atoms with Gasteiger partial charge in [-0.15, -0.1) is 0 Å². The molecule has 0 spiro atoms. The SMILES string of the molecule is CCCN(CC)C(=O)O[C@@H]1CC[C@@H]2CC(=O)C[C@@H]2C1. The van der Waals surface area contributed by atoms with Crippen molar-refractivity contribution in [1.82, 2.24) is 4.90 Å². The van der Waals surface area contributed by atoms with Crippen molar-refractivity contribution in [3.8, 4) is 0 Å². The van der Waals surface area contributed by atoms with E-state index in [0.29, 0.717) is 30.6 Å². The molecular formula is C15H25NO3. The minimum Gasteiger partial charge on any atom is -0.446 e. The molecule has 4 nitrogen and oxygen atoms in total. The van der Waals surface area contributed by atoms with Crippen molar-refractivity contribution in [1.29, 1.82) is 0 Å². The van der Waals surface area contributed by atoms with Gasteiger partial charge in [0.15, 0.2) is 0 Å². The summed E-state index contributed by atoms with van der Waals surface area (Å²) in [6.07, 6.45) is 5.08. The quantitative estimate of drug-likeness (QED) is 0.786. The summed E-state index contributed by atoms with van der Waals surface area (Å²) in [5.74, 6) is 1.41. The van der Waals surface area contributed by atoms with Crippen LogP contribution >= 0.6 is 0 Å². The lowest BCUT2D eigenvalue weighted by Crippen LogP contribution is -2.37. The van der Waals surface area contributed by atoms with Crippen molar-refractivity contribution in [2.75, 3.05) is 13.1 Å². The fourth-order valence-electron chi connectivity index (χ4n) is 3.44. The number of nitrogens with zero attached hydrogens (tertiary/aromatic N) is 1. The number of amides is 1. The first kappa shape index (κ1) is 14.4. The summed E-state index contributed by atoms with van der Waals surface area (Å²) < 4.78 is 5.62. The van der Waals surface area contributed by atoms with Crippen LogP contribution in [0.3, 0.4) is 0 Å². The number of carbonyl (C=O) groups excluding carboxylic acids is 2. The van der Waals surface area contributed by atoms with Gasteiger partial charge in [0.1, 0.15) is 11.9 Å².